The van der Waals surface area contributed by atoms with E-state index in [-0.39, 0.29) is 34.6 Å². The summed E-state index contributed by atoms with van der Waals surface area (Å²) in [6, 6.07) is 5.61. The van der Waals surface area contributed by atoms with Crippen LogP contribution in [-0.4, -0.2) is 47.3 Å². The van der Waals surface area contributed by atoms with E-state index in [1.165, 1.54) is 38.0 Å². The van der Waals surface area contributed by atoms with E-state index in [1.807, 2.05) is 13.8 Å². The fourth-order valence-electron chi connectivity index (χ4n) is 4.27. The van der Waals surface area contributed by atoms with Crippen LogP contribution >= 0.6 is 0 Å². The molecule has 1 atom stereocenters. The smallest absolute Gasteiger partial charge is 0.330 e. The third-order valence-corrected chi connectivity index (χ3v) is 8.26. The zero-order valence-corrected chi connectivity index (χ0v) is 20.7. The molecule has 2 aromatic rings. The lowest BCUT2D eigenvalue weighted by atomic mass is 10.1. The van der Waals surface area contributed by atoms with Crippen LogP contribution in [-0.2, 0) is 16.6 Å². The summed E-state index contributed by atoms with van der Waals surface area (Å²) < 4.78 is 28.9. The van der Waals surface area contributed by atoms with Crippen molar-refractivity contribution in [3.05, 3.63) is 50.7 Å². The fraction of sp³-hybridized carbons (Fsp3) is 0.522. The Morgan fingerprint density at radius 3 is 2.44 bits per heavy atom. The number of anilines is 2. The van der Waals surface area contributed by atoms with Crippen LogP contribution in [0.25, 0.3) is 0 Å². The molecule has 0 saturated carbocycles. The molecule has 1 amide bonds. The van der Waals surface area contributed by atoms with E-state index in [2.05, 4.69) is 4.98 Å². The number of rotatable bonds is 8. The van der Waals surface area contributed by atoms with Gasteiger partial charge in [-0.15, -0.1) is 0 Å². The van der Waals surface area contributed by atoms with E-state index in [0.29, 0.717) is 19.5 Å². The molecule has 1 aromatic carbocycles. The van der Waals surface area contributed by atoms with E-state index in [1.54, 1.807) is 6.92 Å². The predicted molar refractivity (Wildman–Crippen MR) is 132 cm³/mol. The first-order valence-electron chi connectivity index (χ1n) is 11.7. The number of nitrogens with two attached hydrogens (primary N) is 1. The van der Waals surface area contributed by atoms with Crippen LogP contribution in [0.4, 0.5) is 11.5 Å². The molecule has 11 heteroatoms. The molecule has 0 aliphatic carbocycles. The Balaban J connectivity index is 1.93. The quantitative estimate of drug-likeness (QED) is 0.580. The molecule has 0 spiro atoms. The second-order valence-electron chi connectivity index (χ2n) is 8.53. The summed E-state index contributed by atoms with van der Waals surface area (Å²) in [7, 11) is -3.67. The first-order chi connectivity index (χ1) is 16.1. The van der Waals surface area contributed by atoms with Gasteiger partial charge in [0.1, 0.15) is 5.82 Å². The SMILES string of the molecule is CCCCn1c(N)c(N(CC)C(=O)c2ccc(S(=O)(=O)N3CCCCC3C)cc2)c(=O)[nH]c1=O. The summed E-state index contributed by atoms with van der Waals surface area (Å²) in [6.07, 6.45) is 4.14. The summed E-state index contributed by atoms with van der Waals surface area (Å²) in [5.41, 5.74) is 4.90. The minimum Gasteiger partial charge on any atom is -0.383 e. The number of unbranched alkanes of at least 4 members (excludes halogenated alkanes) is 1. The van der Waals surface area contributed by atoms with Gasteiger partial charge in [0.15, 0.2) is 5.69 Å². The van der Waals surface area contributed by atoms with Gasteiger partial charge in [0, 0.05) is 31.2 Å². The number of piperidine rings is 1. The van der Waals surface area contributed by atoms with Gasteiger partial charge in [-0.3, -0.25) is 19.1 Å². The number of aromatic amines is 1. The third kappa shape index (κ3) is 4.95. The highest BCUT2D eigenvalue weighted by molar-refractivity contribution is 7.89. The van der Waals surface area contributed by atoms with Crippen LogP contribution in [0.3, 0.4) is 0 Å². The molecule has 10 nitrogen and oxygen atoms in total. The Labute approximate surface area is 199 Å². The maximum atomic E-state index is 13.3. The van der Waals surface area contributed by atoms with Crippen LogP contribution in [0, 0.1) is 0 Å². The number of aromatic nitrogens is 2. The summed E-state index contributed by atoms with van der Waals surface area (Å²) in [5.74, 6) is -0.591. The minimum atomic E-state index is -3.67. The zero-order chi connectivity index (χ0) is 25.0. The van der Waals surface area contributed by atoms with Gasteiger partial charge in [-0.05, 0) is 57.4 Å². The molecule has 1 aliphatic rings. The lowest BCUT2D eigenvalue weighted by Gasteiger charge is -2.32. The van der Waals surface area contributed by atoms with E-state index in [0.717, 1.165) is 25.7 Å². The van der Waals surface area contributed by atoms with Crippen molar-refractivity contribution in [1.29, 1.82) is 0 Å². The molecule has 34 heavy (non-hydrogen) atoms. The van der Waals surface area contributed by atoms with E-state index in [9.17, 15) is 22.8 Å². The van der Waals surface area contributed by atoms with Gasteiger partial charge in [-0.1, -0.05) is 19.8 Å². The van der Waals surface area contributed by atoms with Crippen molar-refractivity contribution >= 4 is 27.4 Å². The van der Waals surface area contributed by atoms with Gasteiger partial charge in [-0.2, -0.15) is 4.31 Å². The highest BCUT2D eigenvalue weighted by Crippen LogP contribution is 2.26. The molecule has 1 aromatic heterocycles. The second-order valence-corrected chi connectivity index (χ2v) is 10.4. The topological polar surface area (TPSA) is 139 Å². The van der Waals surface area contributed by atoms with Gasteiger partial charge in [-0.25, -0.2) is 13.2 Å². The van der Waals surface area contributed by atoms with Crippen molar-refractivity contribution in [2.24, 2.45) is 0 Å². The van der Waals surface area contributed by atoms with Gasteiger partial charge < -0.3 is 10.6 Å². The Hall–Kier alpha value is -2.92. The molecular weight excluding hydrogens is 458 g/mol. The van der Waals surface area contributed by atoms with Crippen molar-refractivity contribution in [3.8, 4) is 0 Å². The normalized spacial score (nSPS) is 17.0. The third-order valence-electron chi connectivity index (χ3n) is 6.23. The predicted octanol–water partition coefficient (Wildman–Crippen LogP) is 2.15. The van der Waals surface area contributed by atoms with E-state index in [4.69, 9.17) is 5.73 Å². The number of carbonyl (C=O) groups excluding carboxylic acids is 1. The number of nitrogens with one attached hydrogen (secondary N) is 1. The van der Waals surface area contributed by atoms with Crippen LogP contribution < -0.4 is 21.9 Å². The summed E-state index contributed by atoms with van der Waals surface area (Å²) in [5, 5.41) is 0. The Morgan fingerprint density at radius 2 is 1.85 bits per heavy atom. The molecule has 2 heterocycles. The van der Waals surface area contributed by atoms with Crippen molar-refractivity contribution in [2.75, 3.05) is 23.7 Å². The van der Waals surface area contributed by atoms with Crippen LogP contribution in [0.1, 0.15) is 63.2 Å². The zero-order valence-electron chi connectivity index (χ0n) is 19.9. The fourth-order valence-corrected chi connectivity index (χ4v) is 5.97. The number of nitrogens with zero attached hydrogens (tertiary/aromatic N) is 3. The number of nitrogen functional groups attached to an aromatic ring is 1. The molecule has 1 unspecified atom stereocenters. The average molecular weight is 492 g/mol. The van der Waals surface area contributed by atoms with Crippen molar-refractivity contribution < 1.29 is 13.2 Å². The van der Waals surface area contributed by atoms with Gasteiger partial charge in [0.2, 0.25) is 10.0 Å². The van der Waals surface area contributed by atoms with Crippen molar-refractivity contribution in [1.82, 2.24) is 13.9 Å². The lowest BCUT2D eigenvalue weighted by Crippen LogP contribution is -2.42. The number of amides is 1. The van der Waals surface area contributed by atoms with Crippen LogP contribution in [0.2, 0.25) is 0 Å². The molecule has 1 aliphatic heterocycles. The number of benzene rings is 1. The molecule has 186 valence electrons. The van der Waals surface area contributed by atoms with Crippen molar-refractivity contribution in [2.45, 2.75) is 70.4 Å². The second kappa shape index (κ2) is 10.6. The van der Waals surface area contributed by atoms with E-state index >= 15 is 0 Å². The summed E-state index contributed by atoms with van der Waals surface area (Å²) in [6.45, 7) is 6.47. The maximum Gasteiger partial charge on any atom is 0.330 e. The average Bonchev–Trinajstić information content (AvgIpc) is 2.81. The Kier molecular flexibility index (Phi) is 7.98. The van der Waals surface area contributed by atoms with Gasteiger partial charge >= 0.3 is 5.69 Å². The Morgan fingerprint density at radius 1 is 1.18 bits per heavy atom. The van der Waals surface area contributed by atoms with Crippen LogP contribution in [0.5, 0.6) is 0 Å². The molecule has 0 bridgehead atoms. The largest absolute Gasteiger partial charge is 0.383 e. The minimum absolute atomic E-state index is 0.0734. The number of sulfonamides is 1. The molecule has 1 fully saturated rings. The number of hydrogen-bond donors (Lipinski definition) is 2. The van der Waals surface area contributed by atoms with Crippen LogP contribution in [0.15, 0.2) is 38.8 Å². The monoisotopic (exact) mass is 491 g/mol. The van der Waals surface area contributed by atoms with Gasteiger partial charge in [0.05, 0.1) is 4.90 Å². The molecule has 0 radical (unpaired) electrons. The molecule has 1 saturated heterocycles. The molecule has 3 N–H and O–H groups in total. The van der Waals surface area contributed by atoms with Gasteiger partial charge in [0.25, 0.3) is 11.5 Å². The highest BCUT2D eigenvalue weighted by Gasteiger charge is 2.31. The summed E-state index contributed by atoms with van der Waals surface area (Å²) in [4.78, 5) is 41.6. The van der Waals surface area contributed by atoms with Crippen molar-refractivity contribution in [3.63, 3.8) is 0 Å². The highest BCUT2D eigenvalue weighted by atomic mass is 32.2. The first-order valence-corrected chi connectivity index (χ1v) is 13.1. The lowest BCUT2D eigenvalue weighted by molar-refractivity contribution is 0.0988. The number of H-pyrrole nitrogens is 1. The maximum absolute atomic E-state index is 13.3. The number of carbonyl (C=O) groups is 1. The molecular formula is C23H33N5O5S. The summed E-state index contributed by atoms with van der Waals surface area (Å²) >= 11 is 0. The standard InChI is InChI=1S/C23H33N5O5S/c1-4-6-14-27-20(24)19(21(29)25-23(27)31)26(5-2)22(30)17-10-12-18(13-11-17)34(32,33)28-15-8-7-9-16(28)3/h10-13,16H,4-9,14-15,24H2,1-3H3,(H,25,29,31). The Bertz CT molecular complexity index is 1250. The van der Waals surface area contributed by atoms with E-state index < -0.39 is 27.2 Å². The first kappa shape index (κ1) is 25.7. The molecule has 3 rings (SSSR count). The number of hydrogen-bond acceptors (Lipinski definition) is 6.